The molecular weight excluding hydrogens is 807 g/mol. The Morgan fingerprint density at radius 3 is 1.79 bits per heavy atom. The normalized spacial score (nSPS) is 13.2. The number of fused-ring (bicyclic) bond motifs is 1. The van der Waals surface area contributed by atoms with E-state index in [0.29, 0.717) is 16.7 Å². The van der Waals surface area contributed by atoms with Crippen molar-refractivity contribution in [3.05, 3.63) is 184 Å². The molecule has 1 aliphatic heterocycles. The first-order valence-electron chi connectivity index (χ1n) is 17.7. The molecule has 4 aromatic carbocycles. The number of halogens is 6. The van der Waals surface area contributed by atoms with E-state index in [0.717, 1.165) is 24.3 Å². The van der Waals surface area contributed by atoms with Gasteiger partial charge < -0.3 is 20.5 Å². The summed E-state index contributed by atoms with van der Waals surface area (Å²) in [5.41, 5.74) is 0.371. The van der Waals surface area contributed by atoms with Crippen molar-refractivity contribution in [2.24, 2.45) is 0 Å². The summed E-state index contributed by atoms with van der Waals surface area (Å²) in [5.74, 6) is -2.25. The van der Waals surface area contributed by atoms with Crippen LogP contribution >= 0.6 is 0 Å². The van der Waals surface area contributed by atoms with Gasteiger partial charge in [-0.25, -0.2) is 19.6 Å². The number of carboxylic acids is 1. The zero-order chi connectivity index (χ0) is 43.0. The molecule has 1 unspecified atom stereocenters. The van der Waals surface area contributed by atoms with E-state index in [-0.39, 0.29) is 59.3 Å². The van der Waals surface area contributed by atoms with E-state index in [4.69, 9.17) is 4.74 Å². The Bertz CT molecular complexity index is 2610. The molecule has 2 aromatic heterocycles. The van der Waals surface area contributed by atoms with Crippen molar-refractivity contribution in [2.45, 2.75) is 32.3 Å². The van der Waals surface area contributed by atoms with Gasteiger partial charge >= 0.3 is 24.3 Å². The number of nitrogens with one attached hydrogen (secondary N) is 2. The molecule has 6 aromatic rings. The summed E-state index contributed by atoms with van der Waals surface area (Å²) in [6.45, 7) is 0. The van der Waals surface area contributed by atoms with Crippen LogP contribution in [0.5, 0.6) is 0 Å². The smallest absolute Gasteiger partial charge is 0.416 e. The Morgan fingerprint density at radius 2 is 1.20 bits per heavy atom. The number of aromatic nitrogens is 2. The average molecular weight is 841 g/mol. The largest absolute Gasteiger partial charge is 0.478 e. The molecule has 0 spiro atoms. The zero-order valence-electron chi connectivity index (χ0n) is 30.8. The quantitative estimate of drug-likeness (QED) is 0.0498. The number of alkyl halides is 6. The third kappa shape index (κ3) is 11.1. The van der Waals surface area contributed by atoms with Crippen LogP contribution in [-0.4, -0.2) is 38.6 Å². The molecule has 312 valence electrons. The number of carboxylic acid groups (broad SMARTS) is 1. The maximum Gasteiger partial charge on any atom is 0.416 e. The van der Waals surface area contributed by atoms with Crippen molar-refractivity contribution in [1.29, 1.82) is 0 Å². The molecule has 7 rings (SSSR count). The molecule has 0 amide bonds. The van der Waals surface area contributed by atoms with Gasteiger partial charge in [0.2, 0.25) is 0 Å². The Morgan fingerprint density at radius 1 is 0.672 bits per heavy atom. The molecule has 0 aliphatic carbocycles. The number of pyridine rings is 2. The lowest BCUT2D eigenvalue weighted by molar-refractivity contribution is -0.138. The summed E-state index contributed by atoms with van der Waals surface area (Å²) in [4.78, 5) is 56.9. The molecule has 3 N–H and O–H groups in total. The second-order valence-electron chi connectivity index (χ2n) is 12.9. The first-order valence-corrected chi connectivity index (χ1v) is 17.7. The number of Topliss-reactive ketones (excluding diaryl/α,β-unsaturated/α-hetero) is 1. The van der Waals surface area contributed by atoms with Gasteiger partial charge in [-0.2, -0.15) is 26.3 Å². The minimum Gasteiger partial charge on any atom is -0.478 e. The number of cyclic esters (lactones) is 1. The number of carbonyl (C=O) groups is 4. The number of allylic oxidation sites excluding steroid dienone is 1. The molecule has 0 bridgehead atoms. The van der Waals surface area contributed by atoms with E-state index in [1.54, 1.807) is 48.5 Å². The summed E-state index contributed by atoms with van der Waals surface area (Å²) in [5, 5.41) is 14.7. The van der Waals surface area contributed by atoms with Crippen molar-refractivity contribution in [3.8, 4) is 0 Å². The molecule has 0 saturated heterocycles. The molecule has 61 heavy (non-hydrogen) atoms. The number of hydrogen-bond acceptors (Lipinski definition) is 9. The lowest BCUT2D eigenvalue weighted by Crippen LogP contribution is -2.11. The zero-order valence-corrected chi connectivity index (χ0v) is 30.8. The first kappa shape index (κ1) is 44.5. The van der Waals surface area contributed by atoms with Crippen LogP contribution in [-0.2, 0) is 17.1 Å². The number of carbonyl (C=O) groups excluding carboxylic acids is 3. The number of nitrogens with zero attached hydrogens (tertiary/aromatic N) is 2. The summed E-state index contributed by atoms with van der Waals surface area (Å²) in [6, 6.07) is 28.2. The highest BCUT2D eigenvalue weighted by Crippen LogP contribution is 2.36. The molecular formula is C45H34F6N4O6. The van der Waals surface area contributed by atoms with E-state index in [2.05, 4.69) is 20.6 Å². The minimum atomic E-state index is -4.50. The molecule has 16 heteroatoms. The van der Waals surface area contributed by atoms with Crippen LogP contribution in [0.4, 0.5) is 49.4 Å². The van der Waals surface area contributed by atoms with Crippen LogP contribution in [0.1, 0.15) is 83.6 Å². The highest BCUT2D eigenvalue weighted by atomic mass is 19.4. The second-order valence-corrected chi connectivity index (χ2v) is 12.9. The highest BCUT2D eigenvalue weighted by Gasteiger charge is 2.34. The molecule has 10 nitrogen and oxygen atoms in total. The van der Waals surface area contributed by atoms with Crippen molar-refractivity contribution < 1.29 is 55.4 Å². The monoisotopic (exact) mass is 840 g/mol. The molecule has 0 fully saturated rings. The molecule has 0 saturated carbocycles. The topological polar surface area (TPSA) is 148 Å². The molecule has 0 radical (unpaired) electrons. The lowest BCUT2D eigenvalue weighted by Gasteiger charge is -2.14. The lowest BCUT2D eigenvalue weighted by atomic mass is 9.99. The number of ether oxygens (including phenoxy) is 1. The number of esters is 1. The summed E-state index contributed by atoms with van der Waals surface area (Å²) < 4.78 is 82.9. The number of rotatable bonds is 11. The standard InChI is InChI=1S/2C22H15F3N2O3.CH4/c23-22(24,25)13-5-3-6-14(11-13)27-20-17(9-4-10-26-20)18(28)12-19-15-7-1-2-8-16(15)21(29)30-19;23-22(24,25)15-6-3-7-16(13-15)27-20-18(9-4-12-26-20)19(28)11-10-14-5-1-2-8-17(14)21(29)30;/h1-11,19H,12H2,(H,26,27);1-13H,(H,26,27)(H,29,30);1H4/b;11-10+;. The van der Waals surface area contributed by atoms with Crippen molar-refractivity contribution in [1.82, 2.24) is 9.97 Å². The van der Waals surface area contributed by atoms with Gasteiger partial charge in [-0.05, 0) is 84.4 Å². The van der Waals surface area contributed by atoms with E-state index in [1.165, 1.54) is 73.1 Å². The van der Waals surface area contributed by atoms with Crippen molar-refractivity contribution >= 4 is 52.6 Å². The van der Waals surface area contributed by atoms with E-state index < -0.39 is 47.3 Å². The Balaban J connectivity index is 0.000000227. The number of benzene rings is 4. The Kier molecular flexibility index (Phi) is 13.8. The number of hydrogen-bond donors (Lipinski definition) is 3. The Hall–Kier alpha value is -7.62. The van der Waals surface area contributed by atoms with Gasteiger partial charge in [-0.1, -0.05) is 62.0 Å². The fraction of sp³-hybridized carbons (Fsp3) is 0.111. The van der Waals surface area contributed by atoms with Crippen LogP contribution in [0.3, 0.4) is 0 Å². The van der Waals surface area contributed by atoms with Gasteiger partial charge in [0.1, 0.15) is 17.7 Å². The number of anilines is 4. The maximum absolute atomic E-state index is 13.0. The maximum atomic E-state index is 13.0. The van der Waals surface area contributed by atoms with Crippen molar-refractivity contribution in [2.75, 3.05) is 10.6 Å². The predicted octanol–water partition coefficient (Wildman–Crippen LogP) is 11.4. The van der Waals surface area contributed by atoms with Gasteiger partial charge in [0.25, 0.3) is 0 Å². The van der Waals surface area contributed by atoms with Crippen LogP contribution in [0.15, 0.2) is 140 Å². The van der Waals surface area contributed by atoms with Crippen LogP contribution < -0.4 is 10.6 Å². The predicted molar refractivity (Wildman–Crippen MR) is 215 cm³/mol. The SMILES string of the molecule is C.O=C(O)c1ccccc1/C=C/C(=O)c1cccnc1Nc1cccc(C(F)(F)F)c1.O=C1OC(CC(=O)c2cccnc2Nc2cccc(C(F)(F)F)c2)c2ccccc21. The van der Waals surface area contributed by atoms with Gasteiger partial charge in [-0.3, -0.25) is 9.59 Å². The molecule has 1 atom stereocenters. The minimum absolute atomic E-state index is 0. The second kappa shape index (κ2) is 19.0. The molecule has 1 aliphatic rings. The van der Waals surface area contributed by atoms with Gasteiger partial charge in [0.05, 0.1) is 39.8 Å². The van der Waals surface area contributed by atoms with E-state index in [1.807, 2.05) is 0 Å². The van der Waals surface area contributed by atoms with Crippen LogP contribution in [0.25, 0.3) is 6.08 Å². The van der Waals surface area contributed by atoms with Crippen LogP contribution in [0, 0.1) is 0 Å². The number of aromatic carboxylic acids is 1. The highest BCUT2D eigenvalue weighted by molar-refractivity contribution is 6.10. The third-order valence-electron chi connectivity index (χ3n) is 8.84. The molecule has 3 heterocycles. The fourth-order valence-electron chi connectivity index (χ4n) is 6.00. The third-order valence-corrected chi connectivity index (χ3v) is 8.84. The Labute approximate surface area is 344 Å². The fourth-order valence-corrected chi connectivity index (χ4v) is 6.00. The van der Waals surface area contributed by atoms with Gasteiger partial charge in [0.15, 0.2) is 11.6 Å². The van der Waals surface area contributed by atoms with E-state index >= 15 is 0 Å². The van der Waals surface area contributed by atoms with Crippen LogP contribution in [0.2, 0.25) is 0 Å². The van der Waals surface area contributed by atoms with Gasteiger partial charge in [0, 0.05) is 29.3 Å². The van der Waals surface area contributed by atoms with E-state index in [9.17, 15) is 50.6 Å². The summed E-state index contributed by atoms with van der Waals surface area (Å²) in [6.07, 6.45) is -4.42. The van der Waals surface area contributed by atoms with Gasteiger partial charge in [-0.15, -0.1) is 0 Å². The number of ketones is 2. The first-order chi connectivity index (χ1) is 28.6. The van der Waals surface area contributed by atoms with Crippen molar-refractivity contribution in [3.63, 3.8) is 0 Å². The summed E-state index contributed by atoms with van der Waals surface area (Å²) >= 11 is 0. The summed E-state index contributed by atoms with van der Waals surface area (Å²) in [7, 11) is 0. The average Bonchev–Trinajstić information content (AvgIpc) is 3.54.